The van der Waals surface area contributed by atoms with Gasteiger partial charge in [-0.3, -0.25) is 0 Å². The highest BCUT2D eigenvalue weighted by atomic mass is 16.5. The molecule has 0 saturated heterocycles. The Kier molecular flexibility index (Phi) is 8.14. The van der Waals surface area contributed by atoms with Gasteiger partial charge in [-0.15, -0.1) is 0 Å². The van der Waals surface area contributed by atoms with Gasteiger partial charge in [0.05, 0.1) is 18.6 Å². The second kappa shape index (κ2) is 11.9. The summed E-state index contributed by atoms with van der Waals surface area (Å²) in [6.07, 6.45) is 2.07. The lowest BCUT2D eigenvalue weighted by Gasteiger charge is -2.34. The first-order valence-electron chi connectivity index (χ1n) is 13.9. The average molecular weight is 507 g/mol. The molecule has 5 rings (SSSR count). The molecule has 1 aliphatic rings. The predicted molar refractivity (Wildman–Crippen MR) is 155 cm³/mol. The number of fused-ring (bicyclic) bond motifs is 3. The third kappa shape index (κ3) is 5.08. The van der Waals surface area contributed by atoms with Gasteiger partial charge in [-0.05, 0) is 76.4 Å². The zero-order chi connectivity index (χ0) is 26.4. The van der Waals surface area contributed by atoms with E-state index in [-0.39, 0.29) is 0 Å². The third-order valence-electron chi connectivity index (χ3n) is 7.34. The predicted octanol–water partition coefficient (Wildman–Crippen LogP) is 8.28. The van der Waals surface area contributed by atoms with Crippen LogP contribution in [0.25, 0.3) is 11.1 Å². The molecule has 196 valence electrons. The highest BCUT2D eigenvalue weighted by Gasteiger charge is 2.45. The van der Waals surface area contributed by atoms with Crippen molar-refractivity contribution >= 4 is 0 Å². The van der Waals surface area contributed by atoms with E-state index >= 15 is 0 Å². The van der Waals surface area contributed by atoms with Crippen LogP contribution >= 0.6 is 0 Å². The Morgan fingerprint density at radius 1 is 0.579 bits per heavy atom. The van der Waals surface area contributed by atoms with Crippen LogP contribution in [0.4, 0.5) is 0 Å². The van der Waals surface area contributed by atoms with Crippen LogP contribution in [0.1, 0.15) is 55.9 Å². The molecule has 0 N–H and O–H groups in total. The second-order valence-electron chi connectivity index (χ2n) is 10.4. The molecule has 0 aromatic heterocycles. The van der Waals surface area contributed by atoms with Crippen molar-refractivity contribution in [2.24, 2.45) is 5.92 Å². The average Bonchev–Trinajstić information content (AvgIpc) is 3.25. The van der Waals surface area contributed by atoms with Crippen LogP contribution in [-0.4, -0.2) is 26.4 Å². The quantitative estimate of drug-likeness (QED) is 0.159. The zero-order valence-corrected chi connectivity index (χ0v) is 22.8. The lowest BCUT2D eigenvalue weighted by molar-refractivity contribution is 0.0926. The van der Waals surface area contributed by atoms with E-state index in [1.165, 1.54) is 33.4 Å². The maximum absolute atomic E-state index is 6.02. The molecule has 0 aliphatic heterocycles. The Morgan fingerprint density at radius 3 is 1.58 bits per heavy atom. The Labute approximate surface area is 227 Å². The molecule has 0 unspecified atom stereocenters. The topological polar surface area (TPSA) is 27.7 Å². The van der Waals surface area contributed by atoms with E-state index in [1.807, 2.05) is 0 Å². The number of ether oxygens (including phenoxy) is 3. The third-order valence-corrected chi connectivity index (χ3v) is 7.34. The SMILES string of the molecule is CCCOc1ccc(C2(c3ccc(OCCOCCC(C)C)cc3)c3ccccc3-c3ccccc32)cc1. The van der Waals surface area contributed by atoms with Gasteiger partial charge in [0.1, 0.15) is 18.1 Å². The molecule has 38 heavy (non-hydrogen) atoms. The van der Waals surface area contributed by atoms with E-state index in [0.717, 1.165) is 37.6 Å². The van der Waals surface area contributed by atoms with Crippen LogP contribution in [0.2, 0.25) is 0 Å². The molecule has 0 heterocycles. The van der Waals surface area contributed by atoms with Crippen molar-refractivity contribution in [3.05, 3.63) is 119 Å². The van der Waals surface area contributed by atoms with Gasteiger partial charge in [0.15, 0.2) is 0 Å². The number of hydrogen-bond acceptors (Lipinski definition) is 3. The summed E-state index contributed by atoms with van der Waals surface area (Å²) in [5.74, 6) is 2.42. The summed E-state index contributed by atoms with van der Waals surface area (Å²) in [6.45, 7) is 9.21. The minimum atomic E-state index is -0.422. The van der Waals surface area contributed by atoms with E-state index in [0.29, 0.717) is 19.1 Å². The molecule has 0 bridgehead atoms. The van der Waals surface area contributed by atoms with Crippen LogP contribution in [0.15, 0.2) is 97.1 Å². The van der Waals surface area contributed by atoms with E-state index in [9.17, 15) is 0 Å². The van der Waals surface area contributed by atoms with Crippen molar-refractivity contribution in [3.8, 4) is 22.6 Å². The fourth-order valence-corrected chi connectivity index (χ4v) is 5.49. The molecule has 4 aromatic rings. The maximum Gasteiger partial charge on any atom is 0.119 e. The standard InChI is InChI=1S/C35H38O3/c1-4-22-37-29-17-13-27(14-18-29)35(33-11-7-5-9-31(33)32-10-6-8-12-34(32)35)28-15-19-30(20-16-28)38-25-24-36-23-21-26(2)3/h5-20,26H,4,21-25H2,1-3H3. The molecule has 3 nitrogen and oxygen atoms in total. The summed E-state index contributed by atoms with van der Waals surface area (Å²) in [4.78, 5) is 0. The smallest absolute Gasteiger partial charge is 0.119 e. The first-order chi connectivity index (χ1) is 18.6. The number of rotatable bonds is 12. The van der Waals surface area contributed by atoms with Gasteiger partial charge in [0.2, 0.25) is 0 Å². The van der Waals surface area contributed by atoms with Gasteiger partial charge in [-0.1, -0.05) is 93.6 Å². The molecular formula is C35H38O3. The highest BCUT2D eigenvalue weighted by molar-refractivity contribution is 5.86. The largest absolute Gasteiger partial charge is 0.494 e. The maximum atomic E-state index is 6.02. The van der Waals surface area contributed by atoms with Crippen LogP contribution in [0.5, 0.6) is 11.5 Å². The molecule has 1 aliphatic carbocycles. The zero-order valence-electron chi connectivity index (χ0n) is 22.8. The van der Waals surface area contributed by atoms with Crippen molar-refractivity contribution in [2.45, 2.75) is 39.0 Å². The van der Waals surface area contributed by atoms with Crippen molar-refractivity contribution in [1.29, 1.82) is 0 Å². The van der Waals surface area contributed by atoms with Gasteiger partial charge in [-0.2, -0.15) is 0 Å². The summed E-state index contributed by atoms with van der Waals surface area (Å²) in [5, 5.41) is 0. The van der Waals surface area contributed by atoms with Crippen molar-refractivity contribution in [2.75, 3.05) is 26.4 Å². The van der Waals surface area contributed by atoms with E-state index in [1.54, 1.807) is 0 Å². The molecule has 0 radical (unpaired) electrons. The second-order valence-corrected chi connectivity index (χ2v) is 10.4. The van der Waals surface area contributed by atoms with Crippen molar-refractivity contribution in [3.63, 3.8) is 0 Å². The lowest BCUT2D eigenvalue weighted by Crippen LogP contribution is -2.28. The highest BCUT2D eigenvalue weighted by Crippen LogP contribution is 2.56. The van der Waals surface area contributed by atoms with Crippen LogP contribution in [0, 0.1) is 5.92 Å². The first-order valence-corrected chi connectivity index (χ1v) is 13.9. The van der Waals surface area contributed by atoms with Gasteiger partial charge in [-0.25, -0.2) is 0 Å². The Bertz CT molecular complexity index is 1280. The lowest BCUT2D eigenvalue weighted by atomic mass is 9.68. The summed E-state index contributed by atoms with van der Waals surface area (Å²) in [6, 6.07) is 34.9. The van der Waals surface area contributed by atoms with Gasteiger partial charge < -0.3 is 14.2 Å². The molecule has 0 fully saturated rings. The van der Waals surface area contributed by atoms with Gasteiger partial charge >= 0.3 is 0 Å². The van der Waals surface area contributed by atoms with E-state index in [2.05, 4.69) is 118 Å². The van der Waals surface area contributed by atoms with Crippen molar-refractivity contribution < 1.29 is 14.2 Å². The van der Waals surface area contributed by atoms with Gasteiger partial charge in [0, 0.05) is 6.61 Å². The fourth-order valence-electron chi connectivity index (χ4n) is 5.49. The fraction of sp³-hybridized carbons (Fsp3) is 0.314. The summed E-state index contributed by atoms with van der Waals surface area (Å²) >= 11 is 0. The summed E-state index contributed by atoms with van der Waals surface area (Å²) in [7, 11) is 0. The Balaban J connectivity index is 1.50. The molecule has 3 heteroatoms. The summed E-state index contributed by atoms with van der Waals surface area (Å²) < 4.78 is 17.7. The normalized spacial score (nSPS) is 13.3. The Morgan fingerprint density at radius 2 is 1.08 bits per heavy atom. The number of benzene rings is 4. The molecule has 0 saturated carbocycles. The number of hydrogen-bond donors (Lipinski definition) is 0. The molecular weight excluding hydrogens is 468 g/mol. The van der Waals surface area contributed by atoms with Gasteiger partial charge in [0.25, 0.3) is 0 Å². The first kappa shape index (κ1) is 26.1. The molecule has 0 amide bonds. The summed E-state index contributed by atoms with van der Waals surface area (Å²) in [5.41, 5.74) is 7.20. The molecule has 4 aromatic carbocycles. The van der Waals surface area contributed by atoms with Crippen molar-refractivity contribution in [1.82, 2.24) is 0 Å². The van der Waals surface area contributed by atoms with E-state index < -0.39 is 5.41 Å². The van der Waals surface area contributed by atoms with Crippen LogP contribution < -0.4 is 9.47 Å². The van der Waals surface area contributed by atoms with Crippen LogP contribution in [0.3, 0.4) is 0 Å². The van der Waals surface area contributed by atoms with Crippen LogP contribution in [-0.2, 0) is 10.2 Å². The Hall–Kier alpha value is -3.56. The minimum absolute atomic E-state index is 0.422. The van der Waals surface area contributed by atoms with E-state index in [4.69, 9.17) is 14.2 Å². The molecule has 0 atom stereocenters. The molecule has 0 spiro atoms. The monoisotopic (exact) mass is 506 g/mol. The minimum Gasteiger partial charge on any atom is -0.494 e.